The zero-order valence-electron chi connectivity index (χ0n) is 13.2. The summed E-state index contributed by atoms with van der Waals surface area (Å²) < 4.78 is 0. The molecule has 118 valence electrons. The Labute approximate surface area is 137 Å². The average molecular weight is 306 g/mol. The van der Waals surface area contributed by atoms with E-state index < -0.39 is 0 Å². The fourth-order valence-electron chi connectivity index (χ4n) is 2.99. The lowest BCUT2D eigenvalue weighted by atomic mass is 9.88. The van der Waals surface area contributed by atoms with E-state index in [1.54, 1.807) is 6.20 Å². The van der Waals surface area contributed by atoms with Crippen molar-refractivity contribution in [3.05, 3.63) is 59.9 Å². The third-order valence-electron chi connectivity index (χ3n) is 4.26. The van der Waals surface area contributed by atoms with E-state index in [1.807, 2.05) is 54.6 Å². The predicted octanol–water partition coefficient (Wildman–Crippen LogP) is 4.77. The smallest absolute Gasteiger partial charge is 0.227 e. The highest BCUT2D eigenvalue weighted by atomic mass is 16.1. The Morgan fingerprint density at radius 1 is 1.04 bits per heavy atom. The van der Waals surface area contributed by atoms with Crippen molar-refractivity contribution >= 4 is 23.7 Å². The number of rotatable bonds is 4. The number of nitrogens with zero attached hydrogens (tertiary/aromatic N) is 1. The standard InChI is InChI=1S/C20H22N2O/c23-20(17-8-2-1-3-9-17)22-19-11-6-7-16(15-19)12-13-18-10-4-5-14-21-18/h4-7,10-15,17H,1-3,8-9H2,(H,22,23)/b13-12+. The van der Waals surface area contributed by atoms with Crippen molar-refractivity contribution in [2.75, 3.05) is 5.32 Å². The van der Waals surface area contributed by atoms with E-state index in [-0.39, 0.29) is 11.8 Å². The predicted molar refractivity (Wildman–Crippen MR) is 94.8 cm³/mol. The van der Waals surface area contributed by atoms with Crippen LogP contribution in [0.15, 0.2) is 48.7 Å². The lowest BCUT2D eigenvalue weighted by Crippen LogP contribution is -2.24. The number of hydrogen-bond acceptors (Lipinski definition) is 2. The maximum absolute atomic E-state index is 12.3. The number of hydrogen-bond donors (Lipinski definition) is 1. The number of amides is 1. The van der Waals surface area contributed by atoms with Gasteiger partial charge in [0.25, 0.3) is 0 Å². The topological polar surface area (TPSA) is 42.0 Å². The summed E-state index contributed by atoms with van der Waals surface area (Å²) in [6, 6.07) is 13.8. The van der Waals surface area contributed by atoms with E-state index in [0.29, 0.717) is 0 Å². The summed E-state index contributed by atoms with van der Waals surface area (Å²) in [5.74, 6) is 0.340. The Hall–Kier alpha value is -2.42. The van der Waals surface area contributed by atoms with Gasteiger partial charge in [0.05, 0.1) is 5.69 Å². The SMILES string of the molecule is O=C(Nc1cccc(/C=C/c2ccccn2)c1)C1CCCCC1. The summed E-state index contributed by atoms with van der Waals surface area (Å²) in [4.78, 5) is 16.6. The second-order valence-corrected chi connectivity index (χ2v) is 6.04. The number of aromatic nitrogens is 1. The van der Waals surface area contributed by atoms with Gasteiger partial charge in [-0.1, -0.05) is 43.5 Å². The minimum atomic E-state index is 0.163. The van der Waals surface area contributed by atoms with Gasteiger partial charge in [-0.15, -0.1) is 0 Å². The van der Waals surface area contributed by atoms with Crippen LogP contribution < -0.4 is 5.32 Å². The largest absolute Gasteiger partial charge is 0.326 e. The van der Waals surface area contributed by atoms with Gasteiger partial charge in [0.1, 0.15) is 0 Å². The van der Waals surface area contributed by atoms with Gasteiger partial charge < -0.3 is 5.32 Å². The molecule has 0 radical (unpaired) electrons. The molecule has 0 aliphatic heterocycles. The molecule has 0 bridgehead atoms. The molecule has 1 aromatic carbocycles. The summed E-state index contributed by atoms with van der Waals surface area (Å²) >= 11 is 0. The van der Waals surface area contributed by atoms with Gasteiger partial charge in [0, 0.05) is 17.8 Å². The van der Waals surface area contributed by atoms with Crippen molar-refractivity contribution in [2.24, 2.45) is 5.92 Å². The Balaban J connectivity index is 1.65. The van der Waals surface area contributed by atoms with Gasteiger partial charge in [-0.25, -0.2) is 0 Å². The van der Waals surface area contributed by atoms with Crippen LogP contribution in [0.3, 0.4) is 0 Å². The van der Waals surface area contributed by atoms with E-state index in [2.05, 4.69) is 10.3 Å². The van der Waals surface area contributed by atoms with E-state index >= 15 is 0 Å². The first-order valence-corrected chi connectivity index (χ1v) is 8.31. The van der Waals surface area contributed by atoms with Crippen LogP contribution in [0.5, 0.6) is 0 Å². The average Bonchev–Trinajstić information content (AvgIpc) is 2.62. The van der Waals surface area contributed by atoms with Crippen molar-refractivity contribution < 1.29 is 4.79 Å². The number of pyridine rings is 1. The minimum absolute atomic E-state index is 0.163. The van der Waals surface area contributed by atoms with E-state index in [9.17, 15) is 4.79 Å². The van der Waals surface area contributed by atoms with E-state index in [0.717, 1.165) is 29.8 Å². The minimum Gasteiger partial charge on any atom is -0.326 e. The molecule has 0 unspecified atom stereocenters. The quantitative estimate of drug-likeness (QED) is 0.884. The number of benzene rings is 1. The monoisotopic (exact) mass is 306 g/mol. The highest BCUT2D eigenvalue weighted by molar-refractivity contribution is 5.93. The van der Waals surface area contributed by atoms with Crippen molar-refractivity contribution in [3.63, 3.8) is 0 Å². The van der Waals surface area contributed by atoms with Crippen molar-refractivity contribution in [1.82, 2.24) is 4.98 Å². The molecular formula is C20H22N2O. The Bertz CT molecular complexity index is 673. The first-order chi connectivity index (χ1) is 11.3. The molecule has 1 aliphatic rings. The molecule has 2 aromatic rings. The van der Waals surface area contributed by atoms with E-state index in [4.69, 9.17) is 0 Å². The maximum atomic E-state index is 12.3. The molecule has 0 saturated heterocycles. The summed E-state index contributed by atoms with van der Waals surface area (Å²) in [7, 11) is 0. The molecule has 1 saturated carbocycles. The molecule has 1 N–H and O–H groups in total. The fourth-order valence-corrected chi connectivity index (χ4v) is 2.99. The van der Waals surface area contributed by atoms with Crippen LogP contribution >= 0.6 is 0 Å². The van der Waals surface area contributed by atoms with Gasteiger partial charge in [-0.3, -0.25) is 9.78 Å². The number of carbonyl (C=O) groups is 1. The number of nitrogens with one attached hydrogen (secondary N) is 1. The lowest BCUT2D eigenvalue weighted by Gasteiger charge is -2.20. The molecule has 1 heterocycles. The van der Waals surface area contributed by atoms with Crippen molar-refractivity contribution in [3.8, 4) is 0 Å². The molecule has 3 rings (SSSR count). The molecule has 1 amide bonds. The van der Waals surface area contributed by atoms with Crippen LogP contribution in [-0.4, -0.2) is 10.9 Å². The Kier molecular flexibility index (Phi) is 5.20. The molecule has 1 fully saturated rings. The Morgan fingerprint density at radius 2 is 1.91 bits per heavy atom. The van der Waals surface area contributed by atoms with Crippen LogP contribution in [0, 0.1) is 5.92 Å². The lowest BCUT2D eigenvalue weighted by molar-refractivity contribution is -0.120. The molecule has 3 nitrogen and oxygen atoms in total. The summed E-state index contributed by atoms with van der Waals surface area (Å²) in [6.45, 7) is 0. The number of carbonyl (C=O) groups excluding carboxylic acids is 1. The summed E-state index contributed by atoms with van der Waals surface area (Å²) in [6.07, 6.45) is 11.4. The third kappa shape index (κ3) is 4.52. The summed E-state index contributed by atoms with van der Waals surface area (Å²) in [5, 5.41) is 3.06. The van der Waals surface area contributed by atoms with Gasteiger partial charge in [-0.2, -0.15) is 0 Å². The van der Waals surface area contributed by atoms with Gasteiger partial charge in [0.2, 0.25) is 5.91 Å². The second-order valence-electron chi connectivity index (χ2n) is 6.04. The summed E-state index contributed by atoms with van der Waals surface area (Å²) in [5.41, 5.74) is 2.84. The zero-order chi connectivity index (χ0) is 15.9. The zero-order valence-corrected chi connectivity index (χ0v) is 13.2. The molecule has 0 spiro atoms. The van der Waals surface area contributed by atoms with Gasteiger partial charge >= 0.3 is 0 Å². The third-order valence-corrected chi connectivity index (χ3v) is 4.26. The van der Waals surface area contributed by atoms with Gasteiger partial charge in [0.15, 0.2) is 0 Å². The van der Waals surface area contributed by atoms with Crippen molar-refractivity contribution in [1.29, 1.82) is 0 Å². The molecule has 0 atom stereocenters. The second kappa shape index (κ2) is 7.73. The molecule has 23 heavy (non-hydrogen) atoms. The van der Waals surface area contributed by atoms with Crippen LogP contribution in [0.25, 0.3) is 12.2 Å². The first kappa shape index (κ1) is 15.5. The maximum Gasteiger partial charge on any atom is 0.227 e. The highest BCUT2D eigenvalue weighted by Gasteiger charge is 2.20. The van der Waals surface area contributed by atoms with Gasteiger partial charge in [-0.05, 0) is 48.7 Å². The Morgan fingerprint density at radius 3 is 2.70 bits per heavy atom. The highest BCUT2D eigenvalue weighted by Crippen LogP contribution is 2.25. The fraction of sp³-hybridized carbons (Fsp3) is 0.300. The van der Waals surface area contributed by atoms with Crippen LogP contribution in [0.1, 0.15) is 43.4 Å². The van der Waals surface area contributed by atoms with E-state index in [1.165, 1.54) is 19.3 Å². The van der Waals surface area contributed by atoms with Crippen LogP contribution in [0.4, 0.5) is 5.69 Å². The number of anilines is 1. The van der Waals surface area contributed by atoms with Crippen LogP contribution in [-0.2, 0) is 4.79 Å². The molecular weight excluding hydrogens is 284 g/mol. The molecule has 3 heteroatoms. The molecule has 1 aliphatic carbocycles. The van der Waals surface area contributed by atoms with Crippen LogP contribution in [0.2, 0.25) is 0 Å². The molecule has 1 aromatic heterocycles. The normalized spacial score (nSPS) is 15.7. The first-order valence-electron chi connectivity index (χ1n) is 8.31. The van der Waals surface area contributed by atoms with Crippen molar-refractivity contribution in [2.45, 2.75) is 32.1 Å².